The Balaban J connectivity index is 1.81. The molecule has 1 aromatic heterocycles. The number of piperidine rings is 3. The van der Waals surface area contributed by atoms with Crippen LogP contribution in [0.2, 0.25) is 0 Å². The molecule has 4 rings (SSSR count). The minimum atomic E-state index is 0.522. The van der Waals surface area contributed by atoms with Gasteiger partial charge in [0.1, 0.15) is 0 Å². The van der Waals surface area contributed by atoms with Crippen LogP contribution in [0.1, 0.15) is 24.6 Å². The number of aromatic nitrogens is 2. The Labute approximate surface area is 95.0 Å². The summed E-state index contributed by atoms with van der Waals surface area (Å²) in [6.07, 6.45) is 6.75. The standard InChI is InChI=1S/C11H16ClN3/c12-5-10-6-15(8-13-10)11-7-14-3-1-9(11)2-4-14/h6,8-9,11H,1-5,7H2. The largest absolute Gasteiger partial charge is 0.333 e. The molecule has 1 unspecified atom stereocenters. The SMILES string of the molecule is ClCc1cn(C2CN3CCC2CC3)cn1. The molecular weight excluding hydrogens is 210 g/mol. The Bertz CT molecular complexity index is 341. The summed E-state index contributed by atoms with van der Waals surface area (Å²) in [7, 11) is 0. The van der Waals surface area contributed by atoms with Crippen molar-refractivity contribution >= 4 is 11.6 Å². The third-order valence-electron chi connectivity index (χ3n) is 3.80. The average molecular weight is 226 g/mol. The van der Waals surface area contributed by atoms with Gasteiger partial charge >= 0.3 is 0 Å². The molecule has 3 aliphatic heterocycles. The van der Waals surface area contributed by atoms with E-state index in [1.54, 1.807) is 0 Å². The normalized spacial score (nSPS) is 34.6. The maximum atomic E-state index is 5.77. The molecule has 82 valence electrons. The summed E-state index contributed by atoms with van der Waals surface area (Å²) in [6.45, 7) is 3.78. The first-order valence-electron chi connectivity index (χ1n) is 5.67. The molecule has 0 N–H and O–H groups in total. The van der Waals surface area contributed by atoms with Crippen molar-refractivity contribution in [1.29, 1.82) is 0 Å². The third kappa shape index (κ3) is 1.68. The van der Waals surface area contributed by atoms with E-state index in [0.29, 0.717) is 11.9 Å². The van der Waals surface area contributed by atoms with Gasteiger partial charge in [0.2, 0.25) is 0 Å². The Morgan fingerprint density at radius 3 is 2.73 bits per heavy atom. The number of hydrogen-bond acceptors (Lipinski definition) is 2. The van der Waals surface area contributed by atoms with Crippen molar-refractivity contribution in [2.75, 3.05) is 19.6 Å². The van der Waals surface area contributed by atoms with E-state index in [1.807, 2.05) is 6.33 Å². The quantitative estimate of drug-likeness (QED) is 0.717. The number of alkyl halides is 1. The molecule has 1 atom stereocenters. The highest BCUT2D eigenvalue weighted by molar-refractivity contribution is 6.16. The summed E-state index contributed by atoms with van der Waals surface area (Å²) in [5, 5.41) is 0. The topological polar surface area (TPSA) is 21.1 Å². The summed E-state index contributed by atoms with van der Waals surface area (Å²) in [5.74, 6) is 1.38. The van der Waals surface area contributed by atoms with Crippen molar-refractivity contribution in [3.63, 3.8) is 0 Å². The summed E-state index contributed by atoms with van der Waals surface area (Å²) < 4.78 is 2.27. The van der Waals surface area contributed by atoms with E-state index in [0.717, 1.165) is 11.6 Å². The predicted molar refractivity (Wildman–Crippen MR) is 60.0 cm³/mol. The van der Waals surface area contributed by atoms with Crippen LogP contribution in [0.15, 0.2) is 12.5 Å². The zero-order chi connectivity index (χ0) is 10.3. The number of imidazole rings is 1. The van der Waals surface area contributed by atoms with Gasteiger partial charge in [-0.1, -0.05) is 0 Å². The smallest absolute Gasteiger partial charge is 0.0953 e. The number of halogens is 1. The first-order valence-corrected chi connectivity index (χ1v) is 6.21. The Kier molecular flexibility index (Phi) is 2.45. The fourth-order valence-electron chi connectivity index (χ4n) is 2.90. The van der Waals surface area contributed by atoms with Crippen molar-refractivity contribution in [3.05, 3.63) is 18.2 Å². The average Bonchev–Trinajstić information content (AvgIpc) is 2.79. The molecule has 4 heteroatoms. The molecule has 2 bridgehead atoms. The zero-order valence-electron chi connectivity index (χ0n) is 8.77. The second-order valence-corrected chi connectivity index (χ2v) is 4.92. The van der Waals surface area contributed by atoms with Gasteiger partial charge in [0.15, 0.2) is 0 Å². The first-order chi connectivity index (χ1) is 7.36. The van der Waals surface area contributed by atoms with Crippen LogP contribution in [0.25, 0.3) is 0 Å². The Morgan fingerprint density at radius 2 is 2.20 bits per heavy atom. The maximum absolute atomic E-state index is 5.77. The summed E-state index contributed by atoms with van der Waals surface area (Å²) in [5.41, 5.74) is 0.994. The van der Waals surface area contributed by atoms with Crippen LogP contribution < -0.4 is 0 Å². The van der Waals surface area contributed by atoms with Gasteiger partial charge in [-0.05, 0) is 31.8 Å². The van der Waals surface area contributed by atoms with E-state index < -0.39 is 0 Å². The van der Waals surface area contributed by atoms with Crippen LogP contribution >= 0.6 is 11.6 Å². The van der Waals surface area contributed by atoms with Crippen molar-refractivity contribution < 1.29 is 0 Å². The zero-order valence-corrected chi connectivity index (χ0v) is 9.53. The maximum Gasteiger partial charge on any atom is 0.0953 e. The third-order valence-corrected chi connectivity index (χ3v) is 4.07. The van der Waals surface area contributed by atoms with Crippen molar-refractivity contribution in [2.45, 2.75) is 24.8 Å². The Morgan fingerprint density at radius 1 is 1.40 bits per heavy atom. The number of hydrogen-bond donors (Lipinski definition) is 0. The molecular formula is C11H16ClN3. The van der Waals surface area contributed by atoms with E-state index in [9.17, 15) is 0 Å². The summed E-state index contributed by atoms with van der Waals surface area (Å²) in [6, 6.07) is 0.636. The lowest BCUT2D eigenvalue weighted by atomic mass is 9.84. The molecule has 0 aromatic carbocycles. The highest BCUT2D eigenvalue weighted by Crippen LogP contribution is 2.35. The van der Waals surface area contributed by atoms with E-state index in [-0.39, 0.29) is 0 Å². The van der Waals surface area contributed by atoms with Crippen molar-refractivity contribution in [3.8, 4) is 0 Å². The molecule has 3 aliphatic rings. The highest BCUT2D eigenvalue weighted by Gasteiger charge is 2.34. The van der Waals surface area contributed by atoms with Gasteiger partial charge in [0.05, 0.1) is 23.9 Å². The lowest BCUT2D eigenvalue weighted by Crippen LogP contribution is -2.47. The van der Waals surface area contributed by atoms with Crippen molar-refractivity contribution in [2.24, 2.45) is 5.92 Å². The van der Waals surface area contributed by atoms with Crippen LogP contribution in [0.4, 0.5) is 0 Å². The minimum absolute atomic E-state index is 0.522. The lowest BCUT2D eigenvalue weighted by Gasteiger charge is -2.45. The fraction of sp³-hybridized carbons (Fsp3) is 0.727. The molecule has 3 saturated heterocycles. The lowest BCUT2D eigenvalue weighted by molar-refractivity contribution is 0.0570. The molecule has 0 spiro atoms. The van der Waals surface area contributed by atoms with Gasteiger partial charge in [-0.15, -0.1) is 11.6 Å². The van der Waals surface area contributed by atoms with Gasteiger partial charge in [0.25, 0.3) is 0 Å². The number of rotatable bonds is 2. The van der Waals surface area contributed by atoms with E-state index >= 15 is 0 Å². The van der Waals surface area contributed by atoms with Crippen LogP contribution in [0.5, 0.6) is 0 Å². The summed E-state index contributed by atoms with van der Waals surface area (Å²) in [4.78, 5) is 6.87. The molecule has 15 heavy (non-hydrogen) atoms. The van der Waals surface area contributed by atoms with E-state index in [4.69, 9.17) is 11.6 Å². The van der Waals surface area contributed by atoms with Gasteiger partial charge in [-0.3, -0.25) is 0 Å². The van der Waals surface area contributed by atoms with Crippen LogP contribution in [0, 0.1) is 5.92 Å². The predicted octanol–water partition coefficient (Wildman–Crippen LogP) is 1.89. The molecule has 0 saturated carbocycles. The first kappa shape index (κ1) is 9.67. The van der Waals surface area contributed by atoms with Crippen LogP contribution in [0.3, 0.4) is 0 Å². The molecule has 3 fully saturated rings. The molecule has 4 heterocycles. The van der Waals surface area contributed by atoms with E-state index in [1.165, 1.54) is 32.5 Å². The molecule has 0 aliphatic carbocycles. The second kappa shape index (κ2) is 3.80. The van der Waals surface area contributed by atoms with Crippen LogP contribution in [-0.2, 0) is 5.88 Å². The highest BCUT2D eigenvalue weighted by atomic mass is 35.5. The van der Waals surface area contributed by atoms with Gasteiger partial charge < -0.3 is 9.47 Å². The Hall–Kier alpha value is -0.540. The number of fused-ring (bicyclic) bond motifs is 3. The van der Waals surface area contributed by atoms with Gasteiger partial charge in [-0.2, -0.15) is 0 Å². The summed E-state index contributed by atoms with van der Waals surface area (Å²) >= 11 is 5.77. The fourth-order valence-corrected chi connectivity index (χ4v) is 3.04. The minimum Gasteiger partial charge on any atom is -0.333 e. The van der Waals surface area contributed by atoms with Gasteiger partial charge in [-0.25, -0.2) is 4.98 Å². The van der Waals surface area contributed by atoms with Crippen LogP contribution in [-0.4, -0.2) is 34.1 Å². The van der Waals surface area contributed by atoms with Crippen molar-refractivity contribution in [1.82, 2.24) is 14.5 Å². The molecule has 1 aromatic rings. The van der Waals surface area contributed by atoms with Gasteiger partial charge in [0, 0.05) is 12.7 Å². The second-order valence-electron chi connectivity index (χ2n) is 4.65. The molecule has 0 amide bonds. The molecule has 0 radical (unpaired) electrons. The monoisotopic (exact) mass is 225 g/mol. The number of nitrogens with zero attached hydrogens (tertiary/aromatic N) is 3. The molecule has 3 nitrogen and oxygen atoms in total. The van der Waals surface area contributed by atoms with E-state index in [2.05, 4.69) is 20.6 Å².